The third-order valence-corrected chi connectivity index (χ3v) is 4.51. The molecular weight excluding hydrogens is 338 g/mol. The van der Waals surface area contributed by atoms with Crippen LogP contribution in [0.4, 0.5) is 5.69 Å². The van der Waals surface area contributed by atoms with Gasteiger partial charge in [-0.1, -0.05) is 24.3 Å². The Morgan fingerprint density at radius 1 is 0.963 bits per heavy atom. The van der Waals surface area contributed by atoms with Gasteiger partial charge in [-0.2, -0.15) is 0 Å². The maximum Gasteiger partial charge on any atom is 0.147 e. The molecular formula is C22H19N3O2. The lowest BCUT2D eigenvalue weighted by Crippen LogP contribution is -2.13. The van der Waals surface area contributed by atoms with Gasteiger partial charge < -0.3 is 15.2 Å². The van der Waals surface area contributed by atoms with Gasteiger partial charge in [0.15, 0.2) is 0 Å². The van der Waals surface area contributed by atoms with Crippen molar-refractivity contribution >= 4 is 16.6 Å². The van der Waals surface area contributed by atoms with E-state index in [0.717, 1.165) is 28.0 Å². The zero-order valence-electron chi connectivity index (χ0n) is 14.8. The second kappa shape index (κ2) is 7.33. The average Bonchev–Trinajstić information content (AvgIpc) is 2.74. The number of pyridine rings is 2. The molecule has 0 fully saturated rings. The SMILES string of the molecule is COc1ccc(N[C@@H](c2cccnc2)c2ccc3cccnc3c2O)cc1. The van der Waals surface area contributed by atoms with Crippen LogP contribution in [0.5, 0.6) is 11.5 Å². The first kappa shape index (κ1) is 16.8. The number of nitrogens with zero attached hydrogens (tertiary/aromatic N) is 2. The molecule has 0 radical (unpaired) electrons. The van der Waals surface area contributed by atoms with Crippen LogP contribution in [-0.4, -0.2) is 22.2 Å². The fourth-order valence-electron chi connectivity index (χ4n) is 3.12. The Hall–Kier alpha value is -3.60. The Balaban J connectivity index is 1.79. The Kier molecular flexibility index (Phi) is 4.58. The number of fused-ring (bicyclic) bond motifs is 1. The smallest absolute Gasteiger partial charge is 0.147 e. The van der Waals surface area contributed by atoms with E-state index in [1.165, 1.54) is 0 Å². The molecule has 0 saturated carbocycles. The van der Waals surface area contributed by atoms with Gasteiger partial charge in [0, 0.05) is 35.2 Å². The van der Waals surface area contributed by atoms with Gasteiger partial charge in [0.2, 0.25) is 0 Å². The van der Waals surface area contributed by atoms with E-state index in [0.29, 0.717) is 5.52 Å². The van der Waals surface area contributed by atoms with Crippen LogP contribution in [0.1, 0.15) is 17.2 Å². The molecule has 2 heterocycles. The summed E-state index contributed by atoms with van der Waals surface area (Å²) in [6, 6.07) is 18.9. The maximum absolute atomic E-state index is 10.9. The van der Waals surface area contributed by atoms with E-state index < -0.39 is 0 Å². The normalized spacial score (nSPS) is 11.9. The molecule has 0 saturated heterocycles. The summed E-state index contributed by atoms with van der Waals surface area (Å²) >= 11 is 0. The van der Waals surface area contributed by atoms with Crippen LogP contribution < -0.4 is 10.1 Å². The number of methoxy groups -OCH3 is 1. The molecule has 5 heteroatoms. The van der Waals surface area contributed by atoms with Gasteiger partial charge in [-0.15, -0.1) is 0 Å². The topological polar surface area (TPSA) is 67.3 Å². The lowest BCUT2D eigenvalue weighted by atomic mass is 9.97. The summed E-state index contributed by atoms with van der Waals surface area (Å²) in [6.45, 7) is 0. The maximum atomic E-state index is 10.9. The lowest BCUT2D eigenvalue weighted by molar-refractivity contribution is 0.415. The van der Waals surface area contributed by atoms with Crippen LogP contribution >= 0.6 is 0 Å². The summed E-state index contributed by atoms with van der Waals surface area (Å²) in [6.07, 6.45) is 5.21. The molecule has 1 atom stereocenters. The quantitative estimate of drug-likeness (QED) is 0.549. The molecule has 5 nitrogen and oxygen atoms in total. The Bertz CT molecular complexity index is 1050. The molecule has 4 aromatic rings. The van der Waals surface area contributed by atoms with Crippen molar-refractivity contribution in [2.75, 3.05) is 12.4 Å². The first-order valence-corrected chi connectivity index (χ1v) is 8.63. The summed E-state index contributed by atoms with van der Waals surface area (Å²) in [5.74, 6) is 0.958. The predicted octanol–water partition coefficient (Wildman–Crippen LogP) is 4.55. The van der Waals surface area contributed by atoms with Crippen LogP contribution in [0.2, 0.25) is 0 Å². The van der Waals surface area contributed by atoms with Crippen LogP contribution in [0, 0.1) is 0 Å². The summed E-state index contributed by atoms with van der Waals surface area (Å²) in [5.41, 5.74) is 3.18. The van der Waals surface area contributed by atoms with Gasteiger partial charge in [-0.25, -0.2) is 0 Å². The minimum atomic E-state index is -0.279. The van der Waals surface area contributed by atoms with Crippen LogP contribution in [0.15, 0.2) is 79.3 Å². The Morgan fingerprint density at radius 3 is 2.52 bits per heavy atom. The highest BCUT2D eigenvalue weighted by atomic mass is 16.5. The fourth-order valence-corrected chi connectivity index (χ4v) is 3.12. The van der Waals surface area contributed by atoms with Crippen molar-refractivity contribution in [3.05, 3.63) is 90.4 Å². The predicted molar refractivity (Wildman–Crippen MR) is 106 cm³/mol. The standard InChI is InChI=1S/C22H19N3O2/c1-27-18-9-7-17(8-10-18)25-20(16-5-2-12-23-14-16)19-11-6-15-4-3-13-24-21(15)22(19)26/h2-14,20,25-26H,1H3/t20-/m0/s1. The largest absolute Gasteiger partial charge is 0.505 e. The number of aromatic nitrogens is 2. The highest BCUT2D eigenvalue weighted by Crippen LogP contribution is 2.36. The molecule has 134 valence electrons. The first-order chi connectivity index (χ1) is 13.3. The molecule has 2 aromatic heterocycles. The van der Waals surface area contributed by atoms with Gasteiger partial charge in [0.25, 0.3) is 0 Å². The van der Waals surface area contributed by atoms with E-state index in [1.54, 1.807) is 25.7 Å². The highest BCUT2D eigenvalue weighted by Gasteiger charge is 2.20. The summed E-state index contributed by atoms with van der Waals surface area (Å²) in [7, 11) is 1.64. The highest BCUT2D eigenvalue weighted by molar-refractivity contribution is 5.86. The van der Waals surface area contributed by atoms with E-state index in [2.05, 4.69) is 15.3 Å². The number of hydrogen-bond donors (Lipinski definition) is 2. The number of aromatic hydroxyl groups is 1. The third-order valence-electron chi connectivity index (χ3n) is 4.51. The second-order valence-corrected chi connectivity index (χ2v) is 6.17. The number of benzene rings is 2. The molecule has 4 rings (SSSR count). The minimum Gasteiger partial charge on any atom is -0.505 e. The number of nitrogens with one attached hydrogen (secondary N) is 1. The molecule has 0 bridgehead atoms. The molecule has 0 aliphatic rings. The van der Waals surface area contributed by atoms with Crippen LogP contribution in [-0.2, 0) is 0 Å². The molecule has 2 N–H and O–H groups in total. The Labute approximate surface area is 157 Å². The number of ether oxygens (including phenoxy) is 1. The second-order valence-electron chi connectivity index (χ2n) is 6.17. The minimum absolute atomic E-state index is 0.169. The number of phenols is 1. The van der Waals surface area contributed by atoms with Crippen molar-refractivity contribution in [2.24, 2.45) is 0 Å². The molecule has 0 amide bonds. The number of rotatable bonds is 5. The zero-order chi connectivity index (χ0) is 18.6. The van der Waals surface area contributed by atoms with Crippen LogP contribution in [0.25, 0.3) is 10.9 Å². The van der Waals surface area contributed by atoms with Gasteiger partial charge in [0.05, 0.1) is 13.2 Å². The number of phenolic OH excluding ortho intramolecular Hbond substituents is 1. The zero-order valence-corrected chi connectivity index (χ0v) is 14.8. The number of anilines is 1. The number of hydrogen-bond acceptors (Lipinski definition) is 5. The summed E-state index contributed by atoms with van der Waals surface area (Å²) < 4.78 is 5.22. The van der Waals surface area contributed by atoms with Crippen molar-refractivity contribution in [3.63, 3.8) is 0 Å². The fraction of sp³-hybridized carbons (Fsp3) is 0.0909. The van der Waals surface area contributed by atoms with E-state index in [1.807, 2.05) is 60.7 Å². The Morgan fingerprint density at radius 2 is 1.78 bits per heavy atom. The first-order valence-electron chi connectivity index (χ1n) is 8.63. The molecule has 0 aliphatic carbocycles. The van der Waals surface area contributed by atoms with E-state index >= 15 is 0 Å². The van der Waals surface area contributed by atoms with Crippen molar-refractivity contribution in [1.82, 2.24) is 9.97 Å². The van der Waals surface area contributed by atoms with Gasteiger partial charge >= 0.3 is 0 Å². The van der Waals surface area contributed by atoms with Crippen molar-refractivity contribution in [2.45, 2.75) is 6.04 Å². The summed E-state index contributed by atoms with van der Waals surface area (Å²) in [5, 5.41) is 15.3. The van der Waals surface area contributed by atoms with Crippen molar-refractivity contribution in [1.29, 1.82) is 0 Å². The molecule has 2 aromatic carbocycles. The monoisotopic (exact) mass is 357 g/mol. The van der Waals surface area contributed by atoms with Crippen molar-refractivity contribution in [3.8, 4) is 11.5 Å². The molecule has 0 aliphatic heterocycles. The van der Waals surface area contributed by atoms with Gasteiger partial charge in [0.1, 0.15) is 17.0 Å². The van der Waals surface area contributed by atoms with E-state index in [4.69, 9.17) is 4.74 Å². The molecule has 27 heavy (non-hydrogen) atoms. The van der Waals surface area contributed by atoms with Crippen molar-refractivity contribution < 1.29 is 9.84 Å². The van der Waals surface area contributed by atoms with Crippen LogP contribution in [0.3, 0.4) is 0 Å². The van der Waals surface area contributed by atoms with Gasteiger partial charge in [-0.3, -0.25) is 9.97 Å². The summed E-state index contributed by atoms with van der Waals surface area (Å²) in [4.78, 5) is 8.57. The van der Waals surface area contributed by atoms with E-state index in [9.17, 15) is 5.11 Å². The molecule has 0 spiro atoms. The average molecular weight is 357 g/mol. The van der Waals surface area contributed by atoms with E-state index in [-0.39, 0.29) is 11.8 Å². The third kappa shape index (κ3) is 3.40. The van der Waals surface area contributed by atoms with Gasteiger partial charge in [-0.05, 0) is 42.0 Å². The lowest BCUT2D eigenvalue weighted by Gasteiger charge is -2.22. The molecule has 0 unspecified atom stereocenters.